The predicted octanol–water partition coefficient (Wildman–Crippen LogP) is 2.99. The summed E-state index contributed by atoms with van der Waals surface area (Å²) in [5.41, 5.74) is 0.0972. The van der Waals surface area contributed by atoms with E-state index in [-0.39, 0.29) is 5.41 Å². The lowest BCUT2D eigenvalue weighted by Gasteiger charge is -1.82. The van der Waals surface area contributed by atoms with Crippen LogP contribution in [0.2, 0.25) is 0 Å². The fourth-order valence-corrected chi connectivity index (χ4v) is 0.299. The molecule has 1 rings (SSSR count). The largest absolute Gasteiger partial charge is 0.385 e. The van der Waals surface area contributed by atoms with Gasteiger partial charge in [-0.3, -0.25) is 0 Å². The van der Waals surface area contributed by atoms with Crippen molar-refractivity contribution in [3.8, 4) is 6.07 Å². The molecule has 0 unspecified atom stereocenters. The van der Waals surface area contributed by atoms with Gasteiger partial charge in [-0.15, -0.1) is 0 Å². The first-order chi connectivity index (χ1) is 5.68. The number of hydrogen-bond donors (Lipinski definition) is 0. The summed E-state index contributed by atoms with van der Waals surface area (Å²) < 4.78 is 4.54. The fraction of sp³-hybridized carbons (Fsp3) is 0.900. The minimum Gasteiger partial charge on any atom is -0.385 e. The van der Waals surface area contributed by atoms with Crippen molar-refractivity contribution < 1.29 is 4.74 Å². The molecule has 1 saturated carbocycles. The number of nitriles is 1. The van der Waals surface area contributed by atoms with Crippen molar-refractivity contribution in [2.75, 3.05) is 13.7 Å². The zero-order valence-corrected chi connectivity index (χ0v) is 8.98. The highest BCUT2D eigenvalue weighted by Gasteiger charge is 2.36. The molecule has 0 spiro atoms. The van der Waals surface area contributed by atoms with E-state index in [1.165, 1.54) is 0 Å². The van der Waals surface area contributed by atoms with E-state index in [2.05, 4.69) is 10.8 Å². The summed E-state index contributed by atoms with van der Waals surface area (Å²) in [5, 5.41) is 8.22. The first kappa shape index (κ1) is 14.0. The van der Waals surface area contributed by atoms with Crippen LogP contribution in [0, 0.1) is 16.7 Å². The van der Waals surface area contributed by atoms with E-state index >= 15 is 0 Å². The van der Waals surface area contributed by atoms with E-state index in [0.29, 0.717) is 0 Å². The second kappa shape index (κ2) is 8.55. The van der Waals surface area contributed by atoms with Crippen LogP contribution in [-0.4, -0.2) is 13.7 Å². The van der Waals surface area contributed by atoms with Crippen molar-refractivity contribution in [2.24, 2.45) is 5.41 Å². The van der Waals surface area contributed by atoms with E-state index < -0.39 is 0 Å². The normalized spacial score (nSPS) is 15.7. The molecular formula is C10H21NO. The quantitative estimate of drug-likeness (QED) is 0.607. The topological polar surface area (TPSA) is 33.0 Å². The maximum Gasteiger partial charge on any atom is 0.0686 e. The molecular weight excluding hydrogens is 150 g/mol. The van der Waals surface area contributed by atoms with E-state index in [0.717, 1.165) is 19.4 Å². The van der Waals surface area contributed by atoms with Crippen molar-refractivity contribution in [3.05, 3.63) is 0 Å². The molecule has 0 radical (unpaired) electrons. The molecule has 0 N–H and O–H groups in total. The van der Waals surface area contributed by atoms with Crippen molar-refractivity contribution in [1.82, 2.24) is 0 Å². The van der Waals surface area contributed by atoms with Crippen LogP contribution in [0.1, 0.15) is 40.5 Å². The lowest BCUT2D eigenvalue weighted by atomic mass is 10.2. The molecule has 0 saturated heterocycles. The minimum atomic E-state index is 0.0972. The van der Waals surface area contributed by atoms with Gasteiger partial charge >= 0.3 is 0 Å². The summed E-state index contributed by atoms with van der Waals surface area (Å²) in [6, 6.07) is 2.22. The zero-order chi connectivity index (χ0) is 10.0. The summed E-state index contributed by atoms with van der Waals surface area (Å²) >= 11 is 0. The monoisotopic (exact) mass is 171 g/mol. The molecule has 2 nitrogen and oxygen atoms in total. The van der Waals surface area contributed by atoms with Gasteiger partial charge < -0.3 is 4.74 Å². The van der Waals surface area contributed by atoms with Gasteiger partial charge in [0.2, 0.25) is 0 Å². The smallest absolute Gasteiger partial charge is 0.0686 e. The van der Waals surface area contributed by atoms with Gasteiger partial charge in [-0.05, 0) is 26.7 Å². The van der Waals surface area contributed by atoms with Gasteiger partial charge in [0.05, 0.1) is 11.5 Å². The number of hydrogen-bond acceptors (Lipinski definition) is 2. The van der Waals surface area contributed by atoms with Crippen LogP contribution < -0.4 is 0 Å². The van der Waals surface area contributed by atoms with Crippen LogP contribution in [0.3, 0.4) is 0 Å². The first-order valence-corrected chi connectivity index (χ1v) is 4.58. The first-order valence-electron chi connectivity index (χ1n) is 4.58. The average Bonchev–Trinajstić information content (AvgIpc) is 2.89. The van der Waals surface area contributed by atoms with Gasteiger partial charge in [-0.2, -0.15) is 5.26 Å². The maximum atomic E-state index is 8.22. The summed E-state index contributed by atoms with van der Waals surface area (Å²) in [6.07, 6.45) is 2.23. The van der Waals surface area contributed by atoms with Crippen LogP contribution in [0.5, 0.6) is 0 Å². The van der Waals surface area contributed by atoms with Crippen molar-refractivity contribution in [2.45, 2.75) is 40.5 Å². The molecule has 0 atom stereocenters. The molecule has 2 heteroatoms. The molecule has 0 aromatic rings. The van der Waals surface area contributed by atoms with E-state index in [1.807, 2.05) is 27.7 Å². The van der Waals surface area contributed by atoms with Gasteiger partial charge in [-0.1, -0.05) is 13.8 Å². The third-order valence-electron chi connectivity index (χ3n) is 1.56. The second-order valence-electron chi connectivity index (χ2n) is 2.75. The standard InChI is InChI=1S/C5H7N.C3H8O.C2H6/c1-5(4-6)2-3-5;1-3-4-2;1-2/h2-3H2,1H3;3H2,1-2H3;1-2H3. The molecule has 0 aliphatic heterocycles. The molecule has 0 aromatic carbocycles. The van der Waals surface area contributed by atoms with Crippen molar-refractivity contribution in [3.63, 3.8) is 0 Å². The maximum absolute atomic E-state index is 8.22. The van der Waals surface area contributed by atoms with E-state index in [9.17, 15) is 0 Å². The van der Waals surface area contributed by atoms with Gasteiger partial charge in [0.1, 0.15) is 0 Å². The molecule has 0 amide bonds. The molecule has 72 valence electrons. The Morgan fingerprint density at radius 2 is 1.75 bits per heavy atom. The van der Waals surface area contributed by atoms with E-state index in [1.54, 1.807) is 7.11 Å². The van der Waals surface area contributed by atoms with Crippen LogP contribution in [0.15, 0.2) is 0 Å². The lowest BCUT2D eigenvalue weighted by Crippen LogP contribution is -1.81. The Balaban J connectivity index is 0. The Morgan fingerprint density at radius 1 is 1.42 bits per heavy atom. The predicted molar refractivity (Wildman–Crippen MR) is 51.9 cm³/mol. The highest BCUT2D eigenvalue weighted by atomic mass is 16.5. The Hall–Kier alpha value is -0.550. The number of nitrogens with zero attached hydrogens (tertiary/aromatic N) is 1. The molecule has 12 heavy (non-hydrogen) atoms. The Kier molecular flexibility index (Phi) is 9.97. The number of ether oxygens (including phenoxy) is 1. The summed E-state index contributed by atoms with van der Waals surface area (Å²) in [5.74, 6) is 0. The lowest BCUT2D eigenvalue weighted by molar-refractivity contribution is 0.215. The molecule has 1 aliphatic carbocycles. The van der Waals surface area contributed by atoms with Gasteiger partial charge in [0.15, 0.2) is 0 Å². The third-order valence-corrected chi connectivity index (χ3v) is 1.56. The fourth-order valence-electron chi connectivity index (χ4n) is 0.299. The average molecular weight is 171 g/mol. The SMILES string of the molecule is CC.CC1(C#N)CC1.CCOC. The van der Waals surface area contributed by atoms with Crippen LogP contribution in [0.4, 0.5) is 0 Å². The second-order valence-corrected chi connectivity index (χ2v) is 2.75. The molecule has 0 bridgehead atoms. The Morgan fingerprint density at radius 3 is 1.75 bits per heavy atom. The van der Waals surface area contributed by atoms with Crippen LogP contribution >= 0.6 is 0 Å². The molecule has 0 heterocycles. The van der Waals surface area contributed by atoms with Crippen molar-refractivity contribution >= 4 is 0 Å². The third kappa shape index (κ3) is 9.45. The summed E-state index contributed by atoms with van der Waals surface area (Å²) in [6.45, 7) is 8.77. The van der Waals surface area contributed by atoms with E-state index in [4.69, 9.17) is 5.26 Å². The zero-order valence-electron chi connectivity index (χ0n) is 8.98. The van der Waals surface area contributed by atoms with Gasteiger partial charge in [-0.25, -0.2) is 0 Å². The number of rotatable bonds is 1. The molecule has 1 fully saturated rings. The highest BCUT2D eigenvalue weighted by molar-refractivity contribution is 5.06. The number of methoxy groups -OCH3 is 1. The summed E-state index contributed by atoms with van der Waals surface area (Å²) in [4.78, 5) is 0. The highest BCUT2D eigenvalue weighted by Crippen LogP contribution is 2.43. The Bertz CT molecular complexity index is 120. The molecule has 0 aromatic heterocycles. The minimum absolute atomic E-state index is 0.0972. The van der Waals surface area contributed by atoms with Crippen LogP contribution in [0.25, 0.3) is 0 Å². The van der Waals surface area contributed by atoms with Gasteiger partial charge in [0, 0.05) is 13.7 Å². The summed E-state index contributed by atoms with van der Waals surface area (Å²) in [7, 11) is 1.68. The van der Waals surface area contributed by atoms with Crippen LogP contribution in [-0.2, 0) is 4.74 Å². The van der Waals surface area contributed by atoms with Gasteiger partial charge in [0.25, 0.3) is 0 Å². The molecule has 1 aliphatic rings. The Labute approximate surface area is 76.5 Å². The van der Waals surface area contributed by atoms with Crippen molar-refractivity contribution in [1.29, 1.82) is 5.26 Å².